The Kier molecular flexibility index (Phi) is 4.05. The number of nitrogens with zero attached hydrogens (tertiary/aromatic N) is 2. The highest BCUT2D eigenvalue weighted by Gasteiger charge is 1.96. The first-order chi connectivity index (χ1) is 5.68. The summed E-state index contributed by atoms with van der Waals surface area (Å²) in [7, 11) is 0. The van der Waals surface area contributed by atoms with Crippen LogP contribution in [0.5, 0.6) is 0 Å². The van der Waals surface area contributed by atoms with Crippen molar-refractivity contribution < 1.29 is 0 Å². The minimum atomic E-state index is 0.805. The molecular weight excluding hydrogens is 263 g/mol. The van der Waals surface area contributed by atoms with Crippen molar-refractivity contribution in [3.05, 3.63) is 16.0 Å². The molecule has 1 aromatic rings. The van der Waals surface area contributed by atoms with Crippen LogP contribution in [0.3, 0.4) is 0 Å². The molecule has 0 saturated carbocycles. The zero-order valence-electron chi connectivity index (χ0n) is 7.63. The molecule has 1 rings (SSSR count). The molecule has 0 fully saturated rings. The van der Waals surface area contributed by atoms with Crippen LogP contribution in [0.15, 0.2) is 12.4 Å². The summed E-state index contributed by atoms with van der Waals surface area (Å²) in [5, 5.41) is 4.22. The summed E-state index contributed by atoms with van der Waals surface area (Å²) in [4.78, 5) is 0. The van der Waals surface area contributed by atoms with Crippen LogP contribution in [-0.2, 0) is 6.54 Å². The Hall–Kier alpha value is -0.0600. The summed E-state index contributed by atoms with van der Waals surface area (Å²) in [5.41, 5.74) is 0. The summed E-state index contributed by atoms with van der Waals surface area (Å²) < 4.78 is 3.24. The van der Waals surface area contributed by atoms with Gasteiger partial charge in [-0.3, -0.25) is 4.68 Å². The van der Waals surface area contributed by atoms with Gasteiger partial charge in [-0.2, -0.15) is 5.10 Å². The molecule has 0 aromatic carbocycles. The first kappa shape index (κ1) is 10.0. The molecule has 0 bridgehead atoms. The molecule has 2 nitrogen and oxygen atoms in total. The van der Waals surface area contributed by atoms with E-state index in [0.717, 1.165) is 12.5 Å². The van der Waals surface area contributed by atoms with Crippen molar-refractivity contribution in [3.8, 4) is 0 Å². The Morgan fingerprint density at radius 3 is 2.83 bits per heavy atom. The molecule has 0 radical (unpaired) electrons. The van der Waals surface area contributed by atoms with E-state index in [1.54, 1.807) is 0 Å². The van der Waals surface area contributed by atoms with E-state index in [1.807, 2.05) is 10.9 Å². The molecule has 0 aliphatic carbocycles. The SMILES string of the molecule is CC(C)CCCn1cc(I)cn1. The Morgan fingerprint density at radius 2 is 2.33 bits per heavy atom. The van der Waals surface area contributed by atoms with Gasteiger partial charge in [0.15, 0.2) is 0 Å². The first-order valence-corrected chi connectivity index (χ1v) is 5.44. The van der Waals surface area contributed by atoms with Crippen molar-refractivity contribution in [2.45, 2.75) is 33.2 Å². The Labute approximate surface area is 87.5 Å². The van der Waals surface area contributed by atoms with E-state index in [9.17, 15) is 0 Å². The van der Waals surface area contributed by atoms with E-state index in [4.69, 9.17) is 0 Å². The maximum absolute atomic E-state index is 4.22. The molecule has 0 spiro atoms. The van der Waals surface area contributed by atoms with Gasteiger partial charge in [0.05, 0.1) is 9.77 Å². The van der Waals surface area contributed by atoms with Crippen molar-refractivity contribution in [2.24, 2.45) is 5.92 Å². The normalized spacial score (nSPS) is 11.0. The molecule has 68 valence electrons. The summed E-state index contributed by atoms with van der Waals surface area (Å²) in [6, 6.07) is 0. The standard InChI is InChI=1S/C9H15IN2/c1-8(2)4-3-5-12-7-9(10)6-11-12/h6-8H,3-5H2,1-2H3. The van der Waals surface area contributed by atoms with Crippen LogP contribution >= 0.6 is 22.6 Å². The van der Waals surface area contributed by atoms with Gasteiger partial charge in [0.1, 0.15) is 0 Å². The van der Waals surface area contributed by atoms with Gasteiger partial charge in [-0.1, -0.05) is 13.8 Å². The van der Waals surface area contributed by atoms with Gasteiger partial charge in [0.25, 0.3) is 0 Å². The molecule has 1 heterocycles. The van der Waals surface area contributed by atoms with Gasteiger partial charge in [0.2, 0.25) is 0 Å². The minimum absolute atomic E-state index is 0.805. The number of halogens is 1. The molecule has 1 aromatic heterocycles. The number of hydrogen-bond acceptors (Lipinski definition) is 1. The smallest absolute Gasteiger partial charge is 0.0623 e. The van der Waals surface area contributed by atoms with Crippen LogP contribution in [0.1, 0.15) is 26.7 Å². The van der Waals surface area contributed by atoms with Crippen LogP contribution in [-0.4, -0.2) is 9.78 Å². The minimum Gasteiger partial charge on any atom is -0.272 e. The molecule has 0 atom stereocenters. The second-order valence-corrected chi connectivity index (χ2v) is 4.70. The second-order valence-electron chi connectivity index (χ2n) is 3.46. The van der Waals surface area contributed by atoms with Crippen LogP contribution in [0.25, 0.3) is 0 Å². The largest absolute Gasteiger partial charge is 0.272 e. The lowest BCUT2D eigenvalue weighted by Crippen LogP contribution is -1.99. The average Bonchev–Trinajstić information content (AvgIpc) is 2.35. The maximum Gasteiger partial charge on any atom is 0.0623 e. The predicted octanol–water partition coefficient (Wildman–Crippen LogP) is 2.92. The lowest BCUT2D eigenvalue weighted by Gasteiger charge is -2.03. The van der Waals surface area contributed by atoms with Crippen LogP contribution in [0.2, 0.25) is 0 Å². The van der Waals surface area contributed by atoms with Gasteiger partial charge in [0, 0.05) is 12.7 Å². The second kappa shape index (κ2) is 4.84. The maximum atomic E-state index is 4.22. The average molecular weight is 278 g/mol. The van der Waals surface area contributed by atoms with E-state index in [2.05, 4.69) is 47.7 Å². The molecule has 0 amide bonds. The summed E-state index contributed by atoms with van der Waals surface area (Å²) in [6.45, 7) is 5.57. The fourth-order valence-corrected chi connectivity index (χ4v) is 1.57. The molecule has 0 aliphatic rings. The Balaban J connectivity index is 2.24. The highest BCUT2D eigenvalue weighted by molar-refractivity contribution is 14.1. The molecule has 12 heavy (non-hydrogen) atoms. The van der Waals surface area contributed by atoms with E-state index in [-0.39, 0.29) is 0 Å². The fraction of sp³-hybridized carbons (Fsp3) is 0.667. The zero-order chi connectivity index (χ0) is 8.97. The topological polar surface area (TPSA) is 17.8 Å². The van der Waals surface area contributed by atoms with Gasteiger partial charge < -0.3 is 0 Å². The highest BCUT2D eigenvalue weighted by Crippen LogP contribution is 2.06. The van der Waals surface area contributed by atoms with Gasteiger partial charge in [-0.25, -0.2) is 0 Å². The third kappa shape index (κ3) is 3.56. The molecule has 0 unspecified atom stereocenters. The van der Waals surface area contributed by atoms with Gasteiger partial charge in [-0.15, -0.1) is 0 Å². The van der Waals surface area contributed by atoms with Crippen molar-refractivity contribution >= 4 is 22.6 Å². The molecule has 3 heteroatoms. The van der Waals surface area contributed by atoms with Crippen molar-refractivity contribution in [2.75, 3.05) is 0 Å². The number of hydrogen-bond donors (Lipinski definition) is 0. The zero-order valence-corrected chi connectivity index (χ0v) is 9.78. The van der Waals surface area contributed by atoms with Gasteiger partial charge in [-0.05, 0) is 41.4 Å². The highest BCUT2D eigenvalue weighted by atomic mass is 127. The summed E-state index contributed by atoms with van der Waals surface area (Å²) >= 11 is 2.28. The van der Waals surface area contributed by atoms with Crippen LogP contribution < -0.4 is 0 Å². The molecule has 0 N–H and O–H groups in total. The lowest BCUT2D eigenvalue weighted by atomic mass is 10.1. The monoisotopic (exact) mass is 278 g/mol. The lowest BCUT2D eigenvalue weighted by molar-refractivity contribution is 0.490. The quantitative estimate of drug-likeness (QED) is 0.774. The third-order valence-electron chi connectivity index (χ3n) is 1.77. The number of aryl methyl sites for hydroxylation is 1. The van der Waals surface area contributed by atoms with E-state index in [1.165, 1.54) is 16.4 Å². The van der Waals surface area contributed by atoms with Gasteiger partial charge >= 0.3 is 0 Å². The number of rotatable bonds is 4. The Bertz CT molecular complexity index is 230. The predicted molar refractivity (Wildman–Crippen MR) is 59.0 cm³/mol. The molecular formula is C9H15IN2. The first-order valence-electron chi connectivity index (χ1n) is 4.36. The Morgan fingerprint density at radius 1 is 1.58 bits per heavy atom. The third-order valence-corrected chi connectivity index (χ3v) is 2.33. The van der Waals surface area contributed by atoms with Crippen molar-refractivity contribution in [1.29, 1.82) is 0 Å². The van der Waals surface area contributed by atoms with E-state index >= 15 is 0 Å². The van der Waals surface area contributed by atoms with Crippen molar-refractivity contribution in [3.63, 3.8) is 0 Å². The van der Waals surface area contributed by atoms with Crippen LogP contribution in [0.4, 0.5) is 0 Å². The fourth-order valence-electron chi connectivity index (χ4n) is 1.12. The van der Waals surface area contributed by atoms with Crippen LogP contribution in [0, 0.1) is 9.49 Å². The summed E-state index contributed by atoms with van der Waals surface area (Å²) in [6.07, 6.45) is 6.50. The molecule has 0 aliphatic heterocycles. The van der Waals surface area contributed by atoms with E-state index in [0.29, 0.717) is 0 Å². The van der Waals surface area contributed by atoms with Crippen molar-refractivity contribution in [1.82, 2.24) is 9.78 Å². The summed E-state index contributed by atoms with van der Waals surface area (Å²) in [5.74, 6) is 0.805. The van der Waals surface area contributed by atoms with E-state index < -0.39 is 0 Å². The molecule has 0 saturated heterocycles. The number of aromatic nitrogens is 2.